The van der Waals surface area contributed by atoms with E-state index < -0.39 is 6.09 Å². The Bertz CT molecular complexity index is 827. The molecule has 1 aliphatic carbocycles. The Balaban J connectivity index is 2.60. The Labute approximate surface area is 187 Å². The number of ether oxygens (including phenoxy) is 1. The number of aryl methyl sites for hydroxylation is 1. The largest absolute Gasteiger partial charge is 0.507 e. The van der Waals surface area contributed by atoms with Crippen LogP contribution in [0.1, 0.15) is 82.4 Å². The van der Waals surface area contributed by atoms with Crippen LogP contribution >= 0.6 is 0 Å². The van der Waals surface area contributed by atoms with E-state index in [0.717, 1.165) is 49.7 Å². The summed E-state index contributed by atoms with van der Waals surface area (Å²) in [5, 5.41) is 22.5. The molecule has 172 valence electrons. The lowest BCUT2D eigenvalue weighted by molar-refractivity contribution is 0.123. The van der Waals surface area contributed by atoms with E-state index in [1.165, 1.54) is 12.7 Å². The maximum absolute atomic E-state index is 12.2. The summed E-state index contributed by atoms with van der Waals surface area (Å²) in [5.74, 6) is 0.234. The van der Waals surface area contributed by atoms with E-state index in [1.54, 1.807) is 11.0 Å². The third-order valence-electron chi connectivity index (χ3n) is 6.44. The van der Waals surface area contributed by atoms with E-state index >= 15 is 0 Å². The minimum Gasteiger partial charge on any atom is -0.507 e. The van der Waals surface area contributed by atoms with Crippen molar-refractivity contribution in [2.45, 2.75) is 78.7 Å². The van der Waals surface area contributed by atoms with Crippen LogP contribution in [0.25, 0.3) is 0 Å². The normalized spacial score (nSPS) is 18.4. The molecule has 5 nitrogen and oxygen atoms in total. The summed E-state index contributed by atoms with van der Waals surface area (Å²) in [7, 11) is 1.36. The first kappa shape index (κ1) is 24.8. The number of phenols is 2. The molecule has 5 heteroatoms. The molecule has 0 fully saturated rings. The average Bonchev–Trinajstić information content (AvgIpc) is 2.73. The molecule has 2 rings (SSSR count). The number of carbonyl (C=O) groups is 1. The summed E-state index contributed by atoms with van der Waals surface area (Å²) in [6, 6.07) is 1.79. The van der Waals surface area contributed by atoms with E-state index in [-0.39, 0.29) is 29.9 Å². The minimum atomic E-state index is -0.427. The van der Waals surface area contributed by atoms with Gasteiger partial charge in [-0.3, -0.25) is 0 Å². The number of benzene rings is 1. The van der Waals surface area contributed by atoms with E-state index in [4.69, 9.17) is 4.74 Å². The molecule has 0 saturated heterocycles. The molecule has 2 unspecified atom stereocenters. The molecular weight excluding hydrogens is 390 g/mol. The van der Waals surface area contributed by atoms with Gasteiger partial charge in [0.05, 0.1) is 13.7 Å². The monoisotopic (exact) mass is 429 g/mol. The van der Waals surface area contributed by atoms with E-state index in [0.29, 0.717) is 17.7 Å². The number of hydrogen-bond donors (Lipinski definition) is 2. The molecule has 0 aromatic heterocycles. The number of hydrogen-bond acceptors (Lipinski definition) is 4. The van der Waals surface area contributed by atoms with Gasteiger partial charge in [0.2, 0.25) is 0 Å². The molecule has 31 heavy (non-hydrogen) atoms. The van der Waals surface area contributed by atoms with Gasteiger partial charge in [0.1, 0.15) is 11.5 Å². The van der Waals surface area contributed by atoms with Crippen LogP contribution in [0, 0.1) is 5.92 Å². The standard InChI is InChI=1S/C26H39NO4/c1-7-9-10-11-19-15-23(28)24(21-14-18(5)12-13-20(21)17(3)4)25(29)22(19)16-27(8-2)26(30)31-6/h14-15,20-21,28-29H,3,7-13,16H2,1-2,4-6H3. The molecule has 1 aromatic carbocycles. The Morgan fingerprint density at radius 2 is 2.00 bits per heavy atom. The Morgan fingerprint density at radius 3 is 2.58 bits per heavy atom. The SMILES string of the molecule is C=C(C)C1CCC(C)=CC1c1c(O)cc(CCCCC)c(CN(CC)C(=O)OC)c1O. The predicted molar refractivity (Wildman–Crippen MR) is 126 cm³/mol. The van der Waals surface area contributed by atoms with Crippen LogP contribution in [0.4, 0.5) is 4.79 Å². The highest BCUT2D eigenvalue weighted by Gasteiger charge is 2.32. The van der Waals surface area contributed by atoms with Crippen molar-refractivity contribution in [1.82, 2.24) is 4.90 Å². The number of methoxy groups -OCH3 is 1. The molecule has 0 bridgehead atoms. The molecule has 0 spiro atoms. The predicted octanol–water partition coefficient (Wildman–Crippen LogP) is 6.43. The molecule has 2 N–H and O–H groups in total. The second kappa shape index (κ2) is 11.3. The van der Waals surface area contributed by atoms with Gasteiger partial charge in [-0.1, -0.05) is 43.6 Å². The maximum atomic E-state index is 12.2. The summed E-state index contributed by atoms with van der Waals surface area (Å²) in [4.78, 5) is 13.8. The highest BCUT2D eigenvalue weighted by Crippen LogP contribution is 2.48. The van der Waals surface area contributed by atoms with Crippen molar-refractivity contribution in [3.8, 4) is 11.5 Å². The molecule has 0 saturated carbocycles. The zero-order valence-electron chi connectivity index (χ0n) is 19.8. The van der Waals surface area contributed by atoms with Crippen LogP contribution in [0.5, 0.6) is 11.5 Å². The summed E-state index contributed by atoms with van der Waals surface area (Å²) in [6.07, 6.45) is 7.51. The lowest BCUT2D eigenvalue weighted by atomic mass is 9.73. The van der Waals surface area contributed by atoms with Crippen LogP contribution in [-0.2, 0) is 17.7 Å². The zero-order valence-corrected chi connectivity index (χ0v) is 19.8. The van der Waals surface area contributed by atoms with Gasteiger partial charge in [0.25, 0.3) is 0 Å². The van der Waals surface area contributed by atoms with Crippen LogP contribution in [0.3, 0.4) is 0 Å². The molecule has 1 amide bonds. The Hall–Kier alpha value is -2.43. The van der Waals surface area contributed by atoms with E-state index in [1.807, 2.05) is 13.8 Å². The fourth-order valence-electron chi connectivity index (χ4n) is 4.59. The minimum absolute atomic E-state index is 0.0936. The summed E-state index contributed by atoms with van der Waals surface area (Å²) in [5.41, 5.74) is 4.43. The highest BCUT2D eigenvalue weighted by atomic mass is 16.5. The summed E-state index contributed by atoms with van der Waals surface area (Å²) in [6.45, 7) is 13.0. The van der Waals surface area contributed by atoms with Gasteiger partial charge in [-0.2, -0.15) is 0 Å². The smallest absolute Gasteiger partial charge is 0.409 e. The van der Waals surface area contributed by atoms with Crippen molar-refractivity contribution < 1.29 is 19.7 Å². The number of aromatic hydroxyl groups is 2. The van der Waals surface area contributed by atoms with Crippen molar-refractivity contribution in [2.75, 3.05) is 13.7 Å². The number of unbranched alkanes of at least 4 members (excludes halogenated alkanes) is 2. The van der Waals surface area contributed by atoms with Gasteiger partial charge >= 0.3 is 6.09 Å². The van der Waals surface area contributed by atoms with Crippen molar-refractivity contribution >= 4 is 6.09 Å². The average molecular weight is 430 g/mol. The number of nitrogens with zero attached hydrogens (tertiary/aromatic N) is 1. The first-order valence-electron chi connectivity index (χ1n) is 11.5. The lowest BCUT2D eigenvalue weighted by Gasteiger charge is -2.32. The van der Waals surface area contributed by atoms with Crippen LogP contribution < -0.4 is 0 Å². The van der Waals surface area contributed by atoms with Crippen LogP contribution in [-0.4, -0.2) is 34.9 Å². The second-order valence-corrected chi connectivity index (χ2v) is 8.77. The van der Waals surface area contributed by atoms with Gasteiger partial charge < -0.3 is 19.8 Å². The van der Waals surface area contributed by atoms with Crippen molar-refractivity contribution in [3.05, 3.63) is 46.6 Å². The van der Waals surface area contributed by atoms with Gasteiger partial charge in [-0.05, 0) is 64.0 Å². The fraction of sp³-hybridized carbons (Fsp3) is 0.577. The quantitative estimate of drug-likeness (QED) is 0.350. The Kier molecular flexibility index (Phi) is 9.02. The fourth-order valence-corrected chi connectivity index (χ4v) is 4.59. The van der Waals surface area contributed by atoms with Gasteiger partial charge in [0, 0.05) is 23.6 Å². The van der Waals surface area contributed by atoms with Crippen molar-refractivity contribution in [2.24, 2.45) is 5.92 Å². The molecule has 2 atom stereocenters. The lowest BCUT2D eigenvalue weighted by Crippen LogP contribution is -2.30. The van der Waals surface area contributed by atoms with E-state index in [2.05, 4.69) is 26.5 Å². The zero-order chi connectivity index (χ0) is 23.1. The number of carbonyl (C=O) groups excluding carboxylic acids is 1. The summed E-state index contributed by atoms with van der Waals surface area (Å²) >= 11 is 0. The van der Waals surface area contributed by atoms with Gasteiger partial charge in [-0.15, -0.1) is 0 Å². The third kappa shape index (κ3) is 5.84. The van der Waals surface area contributed by atoms with E-state index in [9.17, 15) is 15.0 Å². The van der Waals surface area contributed by atoms with Crippen LogP contribution in [0.15, 0.2) is 29.9 Å². The molecule has 0 radical (unpaired) electrons. The van der Waals surface area contributed by atoms with Crippen molar-refractivity contribution in [3.63, 3.8) is 0 Å². The number of rotatable bonds is 9. The second-order valence-electron chi connectivity index (χ2n) is 8.77. The molecular formula is C26H39NO4. The molecule has 0 heterocycles. The number of phenolic OH excluding ortho intramolecular Hbond substituents is 2. The van der Waals surface area contributed by atoms with Gasteiger partial charge in [-0.25, -0.2) is 4.79 Å². The first-order chi connectivity index (χ1) is 14.7. The van der Waals surface area contributed by atoms with Gasteiger partial charge in [0.15, 0.2) is 0 Å². The molecule has 1 aliphatic rings. The topological polar surface area (TPSA) is 70.0 Å². The highest BCUT2D eigenvalue weighted by molar-refractivity contribution is 5.68. The van der Waals surface area contributed by atoms with Crippen LogP contribution in [0.2, 0.25) is 0 Å². The molecule has 0 aliphatic heterocycles. The molecule has 1 aromatic rings. The third-order valence-corrected chi connectivity index (χ3v) is 6.44. The maximum Gasteiger partial charge on any atom is 0.409 e. The first-order valence-corrected chi connectivity index (χ1v) is 11.5. The number of allylic oxidation sites excluding steroid dienone is 3. The number of amides is 1. The van der Waals surface area contributed by atoms with Crippen molar-refractivity contribution in [1.29, 1.82) is 0 Å². The summed E-state index contributed by atoms with van der Waals surface area (Å²) < 4.78 is 4.92. The Morgan fingerprint density at radius 1 is 1.29 bits per heavy atom.